The predicted molar refractivity (Wildman–Crippen MR) is 92.3 cm³/mol. The highest BCUT2D eigenvalue weighted by atomic mass is 32.2. The van der Waals surface area contributed by atoms with E-state index in [1.54, 1.807) is 0 Å². The minimum absolute atomic E-state index is 0.0283. The molecule has 1 unspecified atom stereocenters. The van der Waals surface area contributed by atoms with Crippen molar-refractivity contribution in [3.8, 4) is 0 Å². The molecule has 148 valence electrons. The first-order valence-electron chi connectivity index (χ1n) is 8.58. The van der Waals surface area contributed by atoms with E-state index in [2.05, 4.69) is 23.5 Å². The fourth-order valence-corrected chi connectivity index (χ4v) is 4.10. The summed E-state index contributed by atoms with van der Waals surface area (Å²) in [6.45, 7) is 6.86. The van der Waals surface area contributed by atoms with Crippen LogP contribution < -0.4 is 4.72 Å². The quantitative estimate of drug-likeness (QED) is 0.773. The maximum atomic E-state index is 12.8. The molecule has 1 saturated heterocycles. The van der Waals surface area contributed by atoms with Crippen LogP contribution in [-0.4, -0.2) is 52.2 Å². The molecule has 0 aliphatic carbocycles. The van der Waals surface area contributed by atoms with Crippen molar-refractivity contribution in [1.82, 2.24) is 9.62 Å². The zero-order chi connectivity index (χ0) is 19.4. The Balaban J connectivity index is 2.11. The third-order valence-electron chi connectivity index (χ3n) is 4.29. The van der Waals surface area contributed by atoms with Crippen molar-refractivity contribution < 1.29 is 26.3 Å². The maximum absolute atomic E-state index is 12.8. The number of hydrogen-bond donors (Lipinski definition) is 1. The number of nitrogens with one attached hydrogen (secondary N) is 1. The first kappa shape index (κ1) is 21.1. The van der Waals surface area contributed by atoms with Gasteiger partial charge in [0.2, 0.25) is 10.0 Å². The molecule has 0 amide bonds. The molecule has 0 radical (unpaired) electrons. The van der Waals surface area contributed by atoms with Crippen molar-refractivity contribution in [2.75, 3.05) is 32.8 Å². The van der Waals surface area contributed by atoms with Gasteiger partial charge in [0.25, 0.3) is 0 Å². The van der Waals surface area contributed by atoms with Crippen molar-refractivity contribution in [3.05, 3.63) is 29.8 Å². The first-order chi connectivity index (χ1) is 12.1. The Hall–Kier alpha value is -1.16. The molecule has 1 atom stereocenters. The highest BCUT2D eigenvalue weighted by Gasteiger charge is 2.32. The predicted octanol–water partition coefficient (Wildman–Crippen LogP) is 2.73. The number of ether oxygens (including phenoxy) is 1. The van der Waals surface area contributed by atoms with E-state index < -0.39 is 21.8 Å². The second-order valence-electron chi connectivity index (χ2n) is 6.81. The van der Waals surface area contributed by atoms with Gasteiger partial charge in [0.1, 0.15) is 0 Å². The lowest BCUT2D eigenvalue weighted by atomic mass is 10.0. The number of hydrogen-bond acceptors (Lipinski definition) is 4. The second kappa shape index (κ2) is 8.69. The average molecular weight is 394 g/mol. The van der Waals surface area contributed by atoms with Gasteiger partial charge in [-0.2, -0.15) is 13.2 Å². The largest absolute Gasteiger partial charge is 0.416 e. The summed E-state index contributed by atoms with van der Waals surface area (Å²) in [4.78, 5) is 1.79. The van der Waals surface area contributed by atoms with Crippen LogP contribution in [-0.2, 0) is 20.9 Å². The number of rotatable bonds is 7. The smallest absolute Gasteiger partial charge is 0.379 e. The van der Waals surface area contributed by atoms with Crippen molar-refractivity contribution in [1.29, 1.82) is 0 Å². The Bertz CT molecular complexity index is 687. The maximum Gasteiger partial charge on any atom is 0.416 e. The summed E-state index contributed by atoms with van der Waals surface area (Å²) in [5.41, 5.74) is -0.979. The summed E-state index contributed by atoms with van der Waals surface area (Å²) >= 11 is 0. The SMILES string of the molecule is CC(C)CC(CNS(=O)(=O)c1cccc(C(F)(F)F)c1)N1CCOCC1. The molecule has 0 spiro atoms. The molecule has 1 N–H and O–H groups in total. The van der Waals surface area contributed by atoms with E-state index in [9.17, 15) is 21.6 Å². The van der Waals surface area contributed by atoms with Gasteiger partial charge in [0.05, 0.1) is 23.7 Å². The van der Waals surface area contributed by atoms with Gasteiger partial charge in [-0.1, -0.05) is 19.9 Å². The molecule has 1 aromatic rings. The Morgan fingerprint density at radius 2 is 1.88 bits per heavy atom. The molecule has 9 heteroatoms. The number of alkyl halides is 3. The van der Waals surface area contributed by atoms with Crippen LogP contribution in [0, 0.1) is 5.92 Å². The van der Waals surface area contributed by atoms with Crippen molar-refractivity contribution in [2.24, 2.45) is 5.92 Å². The van der Waals surface area contributed by atoms with Crippen LogP contribution in [0.1, 0.15) is 25.8 Å². The van der Waals surface area contributed by atoms with Crippen LogP contribution in [0.3, 0.4) is 0 Å². The van der Waals surface area contributed by atoms with Crippen LogP contribution in [0.15, 0.2) is 29.2 Å². The van der Waals surface area contributed by atoms with E-state index in [1.807, 2.05) is 0 Å². The fraction of sp³-hybridized carbons (Fsp3) is 0.647. The Labute approximate surface area is 152 Å². The summed E-state index contributed by atoms with van der Waals surface area (Å²) in [5, 5.41) is 0. The van der Waals surface area contributed by atoms with Gasteiger partial charge < -0.3 is 4.74 Å². The Morgan fingerprint density at radius 1 is 1.23 bits per heavy atom. The van der Waals surface area contributed by atoms with Crippen molar-refractivity contribution in [3.63, 3.8) is 0 Å². The topological polar surface area (TPSA) is 58.6 Å². The summed E-state index contributed by atoms with van der Waals surface area (Å²) in [6, 6.07) is 3.76. The molecule has 1 heterocycles. The normalized spacial score (nSPS) is 18.2. The van der Waals surface area contributed by atoms with Gasteiger partial charge in [-0.25, -0.2) is 13.1 Å². The van der Waals surface area contributed by atoms with E-state index in [1.165, 1.54) is 6.07 Å². The van der Waals surface area contributed by atoms with E-state index in [0.717, 1.165) is 18.6 Å². The van der Waals surface area contributed by atoms with Gasteiger partial charge >= 0.3 is 6.18 Å². The van der Waals surface area contributed by atoms with E-state index in [4.69, 9.17) is 4.74 Å². The van der Waals surface area contributed by atoms with Crippen LogP contribution in [0.5, 0.6) is 0 Å². The Morgan fingerprint density at radius 3 is 2.46 bits per heavy atom. The molecule has 0 aromatic heterocycles. The van der Waals surface area contributed by atoms with Crippen molar-refractivity contribution in [2.45, 2.75) is 37.4 Å². The molecule has 0 saturated carbocycles. The standard InChI is InChI=1S/C17H25F3N2O3S/c1-13(2)10-15(22-6-8-25-9-7-22)12-21-26(23,24)16-5-3-4-14(11-16)17(18,19)20/h3-5,11,13,15,21H,6-10,12H2,1-2H3. The number of nitrogens with zero attached hydrogens (tertiary/aromatic N) is 1. The highest BCUT2D eigenvalue weighted by Crippen LogP contribution is 2.30. The molecule has 26 heavy (non-hydrogen) atoms. The van der Waals surface area contributed by atoms with Crippen molar-refractivity contribution >= 4 is 10.0 Å². The van der Waals surface area contributed by atoms with Gasteiger partial charge in [0, 0.05) is 25.7 Å². The van der Waals surface area contributed by atoms with Crippen LogP contribution >= 0.6 is 0 Å². The molecule has 1 aromatic carbocycles. The van der Waals surface area contributed by atoms with Gasteiger partial charge in [-0.05, 0) is 30.5 Å². The van der Waals surface area contributed by atoms with Crippen LogP contribution in [0.4, 0.5) is 13.2 Å². The van der Waals surface area contributed by atoms with Gasteiger partial charge in [-0.3, -0.25) is 4.90 Å². The molecule has 2 rings (SSSR count). The number of morpholine rings is 1. The first-order valence-corrected chi connectivity index (χ1v) is 10.1. The third kappa shape index (κ3) is 5.94. The Kier molecular flexibility index (Phi) is 7.06. The third-order valence-corrected chi connectivity index (χ3v) is 5.71. The zero-order valence-corrected chi connectivity index (χ0v) is 15.7. The lowest BCUT2D eigenvalue weighted by Gasteiger charge is -2.35. The molecule has 1 fully saturated rings. The molecule has 0 bridgehead atoms. The van der Waals surface area contributed by atoms with Crippen LogP contribution in [0.2, 0.25) is 0 Å². The molecular formula is C17H25F3N2O3S. The van der Waals surface area contributed by atoms with E-state index >= 15 is 0 Å². The number of halogens is 3. The lowest BCUT2D eigenvalue weighted by Crippen LogP contribution is -2.49. The number of benzene rings is 1. The summed E-state index contributed by atoms with van der Waals surface area (Å²) in [6.07, 6.45) is -3.80. The highest BCUT2D eigenvalue weighted by molar-refractivity contribution is 7.89. The molecule has 1 aliphatic heterocycles. The molecular weight excluding hydrogens is 369 g/mol. The summed E-state index contributed by atoms with van der Waals surface area (Å²) < 4.78 is 71.2. The summed E-state index contributed by atoms with van der Waals surface area (Å²) in [7, 11) is -4.02. The fourth-order valence-electron chi connectivity index (χ4n) is 2.98. The van der Waals surface area contributed by atoms with Gasteiger partial charge in [0.15, 0.2) is 0 Å². The molecule has 1 aliphatic rings. The van der Waals surface area contributed by atoms with E-state index in [0.29, 0.717) is 38.3 Å². The van der Waals surface area contributed by atoms with Gasteiger partial charge in [-0.15, -0.1) is 0 Å². The van der Waals surface area contributed by atoms with E-state index in [-0.39, 0.29) is 17.5 Å². The lowest BCUT2D eigenvalue weighted by molar-refractivity contribution is -0.137. The van der Waals surface area contributed by atoms with Crippen LogP contribution in [0.25, 0.3) is 0 Å². The second-order valence-corrected chi connectivity index (χ2v) is 8.58. The summed E-state index contributed by atoms with van der Waals surface area (Å²) in [5.74, 6) is 0.362. The minimum Gasteiger partial charge on any atom is -0.379 e. The minimum atomic E-state index is -4.58. The monoisotopic (exact) mass is 394 g/mol. The number of sulfonamides is 1. The zero-order valence-electron chi connectivity index (χ0n) is 14.9. The average Bonchev–Trinajstić information content (AvgIpc) is 2.58. The molecule has 5 nitrogen and oxygen atoms in total.